The number of carbonyl (C=O) groups excluding carboxylic acids is 1. The van der Waals surface area contributed by atoms with Crippen molar-refractivity contribution in [2.24, 2.45) is 7.05 Å². The number of hydrogen-bond donors (Lipinski definition) is 0. The van der Waals surface area contributed by atoms with Gasteiger partial charge >= 0.3 is 0 Å². The zero-order valence-electron chi connectivity index (χ0n) is 8.64. The van der Waals surface area contributed by atoms with Gasteiger partial charge in [-0.05, 0) is 25.1 Å². The van der Waals surface area contributed by atoms with Gasteiger partial charge in [-0.3, -0.25) is 14.5 Å². The average molecular weight is 201 g/mol. The summed E-state index contributed by atoms with van der Waals surface area (Å²) in [6, 6.07) is 5.28. The van der Waals surface area contributed by atoms with Crippen LogP contribution in [0.1, 0.15) is 21.7 Å². The van der Waals surface area contributed by atoms with Gasteiger partial charge in [0.15, 0.2) is 0 Å². The summed E-state index contributed by atoms with van der Waals surface area (Å²) >= 11 is 0. The number of hydrogen-bond acceptors (Lipinski definition) is 3. The molecule has 0 aromatic carbocycles. The van der Waals surface area contributed by atoms with Gasteiger partial charge in [-0.1, -0.05) is 0 Å². The molecule has 2 rings (SSSR count). The van der Waals surface area contributed by atoms with Crippen molar-refractivity contribution in [1.82, 2.24) is 14.8 Å². The summed E-state index contributed by atoms with van der Waals surface area (Å²) in [4.78, 5) is 15.9. The van der Waals surface area contributed by atoms with Crippen molar-refractivity contribution in [3.8, 4) is 0 Å². The quantitative estimate of drug-likeness (QED) is 0.689. The van der Waals surface area contributed by atoms with E-state index >= 15 is 0 Å². The Morgan fingerprint density at radius 3 is 2.67 bits per heavy atom. The Labute approximate surface area is 87.6 Å². The van der Waals surface area contributed by atoms with Gasteiger partial charge in [-0.25, -0.2) is 0 Å². The van der Waals surface area contributed by atoms with Crippen LogP contribution in [0, 0.1) is 6.92 Å². The zero-order chi connectivity index (χ0) is 10.8. The lowest BCUT2D eigenvalue weighted by Gasteiger charge is -1.97. The molecule has 4 heteroatoms. The van der Waals surface area contributed by atoms with E-state index in [0.717, 1.165) is 5.69 Å². The van der Waals surface area contributed by atoms with E-state index in [4.69, 9.17) is 0 Å². The third-order valence-corrected chi connectivity index (χ3v) is 2.12. The molecule has 0 aliphatic carbocycles. The van der Waals surface area contributed by atoms with Crippen LogP contribution in [0.4, 0.5) is 0 Å². The Bertz CT molecular complexity index is 485. The molecule has 0 fully saturated rings. The molecule has 2 heterocycles. The molecule has 2 aromatic rings. The van der Waals surface area contributed by atoms with Gasteiger partial charge in [-0.2, -0.15) is 5.10 Å². The maximum atomic E-state index is 11.9. The van der Waals surface area contributed by atoms with Crippen LogP contribution in [0.25, 0.3) is 0 Å². The molecule has 0 atom stereocenters. The van der Waals surface area contributed by atoms with E-state index in [1.807, 2.05) is 13.0 Å². The SMILES string of the molecule is Cc1ccc(C(=O)c2ccn(C)n2)cn1. The third-order valence-electron chi connectivity index (χ3n) is 2.12. The summed E-state index contributed by atoms with van der Waals surface area (Å²) in [6.45, 7) is 1.88. The normalized spacial score (nSPS) is 10.3. The Hall–Kier alpha value is -1.97. The molecule has 4 nitrogen and oxygen atoms in total. The number of rotatable bonds is 2. The number of nitrogens with zero attached hydrogens (tertiary/aromatic N) is 3. The molecule has 0 bridgehead atoms. The Morgan fingerprint density at radius 2 is 2.13 bits per heavy atom. The fraction of sp³-hybridized carbons (Fsp3) is 0.182. The van der Waals surface area contributed by atoms with Crippen molar-refractivity contribution in [2.75, 3.05) is 0 Å². The van der Waals surface area contributed by atoms with Crippen LogP contribution in [0.2, 0.25) is 0 Å². The average Bonchev–Trinajstić information content (AvgIpc) is 2.65. The van der Waals surface area contributed by atoms with E-state index in [2.05, 4.69) is 10.1 Å². The summed E-state index contributed by atoms with van der Waals surface area (Å²) in [5.41, 5.74) is 1.91. The van der Waals surface area contributed by atoms with E-state index in [1.54, 1.807) is 36.3 Å². The molecule has 0 amide bonds. The molecule has 76 valence electrons. The van der Waals surface area contributed by atoms with Crippen molar-refractivity contribution >= 4 is 5.78 Å². The Balaban J connectivity index is 2.32. The first kappa shape index (κ1) is 9.58. The van der Waals surface area contributed by atoms with Gasteiger partial charge < -0.3 is 0 Å². The van der Waals surface area contributed by atoms with E-state index < -0.39 is 0 Å². The molecule has 0 radical (unpaired) electrons. The molecule has 0 N–H and O–H groups in total. The van der Waals surface area contributed by atoms with Crippen molar-refractivity contribution in [1.29, 1.82) is 0 Å². The summed E-state index contributed by atoms with van der Waals surface area (Å²) in [6.07, 6.45) is 3.32. The van der Waals surface area contributed by atoms with E-state index in [-0.39, 0.29) is 5.78 Å². The smallest absolute Gasteiger partial charge is 0.214 e. The predicted octanol–water partition coefficient (Wildman–Crippen LogP) is 1.35. The molecule has 0 spiro atoms. The van der Waals surface area contributed by atoms with Crippen molar-refractivity contribution < 1.29 is 4.79 Å². The first-order valence-electron chi connectivity index (χ1n) is 4.64. The maximum Gasteiger partial charge on any atom is 0.214 e. The van der Waals surface area contributed by atoms with Crippen LogP contribution >= 0.6 is 0 Å². The lowest BCUT2D eigenvalue weighted by molar-refractivity contribution is 0.103. The maximum absolute atomic E-state index is 11.9. The third kappa shape index (κ3) is 1.93. The van der Waals surface area contributed by atoms with Gasteiger partial charge in [-0.15, -0.1) is 0 Å². The molecule has 2 aromatic heterocycles. The molecule has 0 aliphatic heterocycles. The first-order valence-corrected chi connectivity index (χ1v) is 4.64. The van der Waals surface area contributed by atoms with Crippen LogP contribution < -0.4 is 0 Å². The second-order valence-corrected chi connectivity index (χ2v) is 3.39. The fourth-order valence-corrected chi connectivity index (χ4v) is 1.29. The minimum atomic E-state index is -0.0944. The van der Waals surface area contributed by atoms with E-state index in [9.17, 15) is 4.79 Å². The van der Waals surface area contributed by atoms with E-state index in [0.29, 0.717) is 11.3 Å². The number of aryl methyl sites for hydroxylation is 2. The fourth-order valence-electron chi connectivity index (χ4n) is 1.29. The van der Waals surface area contributed by atoms with Gasteiger partial charge in [0, 0.05) is 30.7 Å². The molecule has 15 heavy (non-hydrogen) atoms. The molecular weight excluding hydrogens is 190 g/mol. The van der Waals surface area contributed by atoms with Crippen molar-refractivity contribution in [3.63, 3.8) is 0 Å². The van der Waals surface area contributed by atoms with Crippen LogP contribution in [-0.2, 0) is 7.05 Å². The highest BCUT2D eigenvalue weighted by Crippen LogP contribution is 2.06. The highest BCUT2D eigenvalue weighted by Gasteiger charge is 2.11. The lowest BCUT2D eigenvalue weighted by Crippen LogP contribution is -2.04. The van der Waals surface area contributed by atoms with Crippen LogP contribution in [0.5, 0.6) is 0 Å². The molecule has 0 aliphatic rings. The second kappa shape index (κ2) is 3.65. The van der Waals surface area contributed by atoms with Gasteiger partial charge in [0.1, 0.15) is 5.69 Å². The predicted molar refractivity (Wildman–Crippen MR) is 55.6 cm³/mol. The van der Waals surface area contributed by atoms with Crippen molar-refractivity contribution in [2.45, 2.75) is 6.92 Å². The minimum absolute atomic E-state index is 0.0944. The number of carbonyl (C=O) groups is 1. The van der Waals surface area contributed by atoms with E-state index in [1.165, 1.54) is 0 Å². The molecule has 0 saturated carbocycles. The molecule has 0 saturated heterocycles. The Morgan fingerprint density at radius 1 is 1.33 bits per heavy atom. The highest BCUT2D eigenvalue weighted by atomic mass is 16.1. The summed E-state index contributed by atoms with van der Waals surface area (Å²) in [5.74, 6) is -0.0944. The number of pyridine rings is 1. The van der Waals surface area contributed by atoms with Crippen molar-refractivity contribution in [3.05, 3.63) is 47.5 Å². The summed E-state index contributed by atoms with van der Waals surface area (Å²) in [5, 5.41) is 4.05. The molecular formula is C11H11N3O. The first-order chi connectivity index (χ1) is 7.16. The zero-order valence-corrected chi connectivity index (χ0v) is 8.64. The van der Waals surface area contributed by atoms with Gasteiger partial charge in [0.2, 0.25) is 5.78 Å². The monoisotopic (exact) mass is 201 g/mol. The Kier molecular flexibility index (Phi) is 2.33. The summed E-state index contributed by atoms with van der Waals surface area (Å²) in [7, 11) is 1.78. The standard InChI is InChI=1S/C11H11N3O/c1-8-3-4-9(7-12-8)11(15)10-5-6-14(2)13-10/h3-7H,1-2H3. The summed E-state index contributed by atoms with van der Waals surface area (Å²) < 4.78 is 1.61. The van der Waals surface area contributed by atoms with Crippen LogP contribution in [0.15, 0.2) is 30.6 Å². The second-order valence-electron chi connectivity index (χ2n) is 3.39. The van der Waals surface area contributed by atoms with Crippen LogP contribution in [-0.4, -0.2) is 20.5 Å². The lowest BCUT2D eigenvalue weighted by atomic mass is 10.1. The van der Waals surface area contributed by atoms with Gasteiger partial charge in [0.25, 0.3) is 0 Å². The number of aromatic nitrogens is 3. The largest absolute Gasteiger partial charge is 0.287 e. The number of ketones is 1. The highest BCUT2D eigenvalue weighted by molar-refractivity contribution is 6.07. The van der Waals surface area contributed by atoms with Crippen LogP contribution in [0.3, 0.4) is 0 Å². The topological polar surface area (TPSA) is 47.8 Å². The van der Waals surface area contributed by atoms with Gasteiger partial charge in [0.05, 0.1) is 0 Å². The molecule has 0 unspecified atom stereocenters. The minimum Gasteiger partial charge on any atom is -0.287 e.